The lowest BCUT2D eigenvalue weighted by atomic mass is 10.1. The molecule has 2 N–H and O–H groups in total. The standard InChI is InChI=1S/C21H21ClFN3O4S2/c1-21(2,3)26-32(28,29)18-10-13(5-7-14(18)22)19(27)25-20-24-16(11-31-20)12-6-8-17(30-4)15(23)9-12/h5-11,26H,1-4H3,(H,24,25,27). The molecule has 11 heteroatoms. The predicted molar refractivity (Wildman–Crippen MR) is 124 cm³/mol. The Balaban J connectivity index is 1.82. The van der Waals surface area contributed by atoms with Crippen molar-refractivity contribution in [3.8, 4) is 17.0 Å². The number of nitrogens with zero attached hydrogens (tertiary/aromatic N) is 1. The number of anilines is 1. The molecule has 1 aromatic heterocycles. The molecule has 0 unspecified atom stereocenters. The van der Waals surface area contributed by atoms with E-state index in [9.17, 15) is 17.6 Å². The first-order valence-corrected chi connectivity index (χ1v) is 12.1. The Labute approximate surface area is 194 Å². The molecule has 0 aliphatic heterocycles. The molecule has 0 saturated heterocycles. The molecule has 1 heterocycles. The maximum Gasteiger partial charge on any atom is 0.257 e. The molecular weight excluding hydrogens is 477 g/mol. The molecule has 0 atom stereocenters. The maximum atomic E-state index is 14.0. The number of amides is 1. The van der Waals surface area contributed by atoms with E-state index in [0.29, 0.717) is 11.3 Å². The summed E-state index contributed by atoms with van der Waals surface area (Å²) in [5.41, 5.74) is 0.364. The molecule has 0 fully saturated rings. The topological polar surface area (TPSA) is 97.4 Å². The van der Waals surface area contributed by atoms with E-state index in [0.717, 1.165) is 11.3 Å². The lowest BCUT2D eigenvalue weighted by Crippen LogP contribution is -2.40. The van der Waals surface area contributed by atoms with Crippen LogP contribution in [-0.4, -0.2) is 32.0 Å². The van der Waals surface area contributed by atoms with Crippen LogP contribution < -0.4 is 14.8 Å². The van der Waals surface area contributed by atoms with Gasteiger partial charge >= 0.3 is 0 Å². The SMILES string of the molecule is COc1ccc(-c2csc(NC(=O)c3ccc(Cl)c(S(=O)(=O)NC(C)(C)C)c3)n2)cc1F. The van der Waals surface area contributed by atoms with Crippen molar-refractivity contribution in [3.05, 3.63) is 58.2 Å². The molecule has 0 aliphatic carbocycles. The number of ether oxygens (including phenoxy) is 1. The fourth-order valence-electron chi connectivity index (χ4n) is 2.77. The maximum absolute atomic E-state index is 14.0. The fourth-order valence-corrected chi connectivity index (χ4v) is 5.43. The van der Waals surface area contributed by atoms with E-state index >= 15 is 0 Å². The second kappa shape index (κ2) is 9.14. The van der Waals surface area contributed by atoms with Gasteiger partial charge in [0.25, 0.3) is 5.91 Å². The molecule has 0 saturated carbocycles. The van der Waals surface area contributed by atoms with E-state index in [1.54, 1.807) is 32.2 Å². The minimum absolute atomic E-state index is 0.00336. The molecule has 0 radical (unpaired) electrons. The van der Waals surface area contributed by atoms with Crippen LogP contribution in [0.1, 0.15) is 31.1 Å². The predicted octanol–water partition coefficient (Wildman–Crippen LogP) is 4.94. The molecule has 170 valence electrons. The third-order valence-electron chi connectivity index (χ3n) is 4.10. The quantitative estimate of drug-likeness (QED) is 0.502. The zero-order valence-electron chi connectivity index (χ0n) is 17.7. The van der Waals surface area contributed by atoms with Gasteiger partial charge in [-0.2, -0.15) is 0 Å². The number of hydrogen-bond acceptors (Lipinski definition) is 6. The van der Waals surface area contributed by atoms with Crippen LogP contribution in [0, 0.1) is 5.82 Å². The van der Waals surface area contributed by atoms with Gasteiger partial charge in [-0.1, -0.05) is 11.6 Å². The molecule has 0 aliphatic rings. The van der Waals surface area contributed by atoms with Gasteiger partial charge in [0.2, 0.25) is 10.0 Å². The van der Waals surface area contributed by atoms with Crippen molar-refractivity contribution in [3.63, 3.8) is 0 Å². The fraction of sp³-hybridized carbons (Fsp3) is 0.238. The number of carbonyl (C=O) groups is 1. The number of thiazole rings is 1. The number of aromatic nitrogens is 1. The third kappa shape index (κ3) is 5.63. The summed E-state index contributed by atoms with van der Waals surface area (Å²) < 4.78 is 46.7. The zero-order chi connectivity index (χ0) is 23.7. The van der Waals surface area contributed by atoms with Crippen LogP contribution in [0.5, 0.6) is 5.75 Å². The van der Waals surface area contributed by atoms with Crippen LogP contribution in [0.2, 0.25) is 5.02 Å². The van der Waals surface area contributed by atoms with E-state index in [4.69, 9.17) is 16.3 Å². The number of carbonyl (C=O) groups excluding carboxylic acids is 1. The number of rotatable bonds is 6. The van der Waals surface area contributed by atoms with Gasteiger partial charge in [0, 0.05) is 22.0 Å². The summed E-state index contributed by atoms with van der Waals surface area (Å²) in [5, 5.41) is 4.56. The number of hydrogen-bond donors (Lipinski definition) is 2. The highest BCUT2D eigenvalue weighted by Gasteiger charge is 2.25. The van der Waals surface area contributed by atoms with Gasteiger partial charge in [-0.3, -0.25) is 10.1 Å². The molecule has 7 nitrogen and oxygen atoms in total. The number of nitrogens with one attached hydrogen (secondary N) is 2. The van der Waals surface area contributed by atoms with Crippen molar-refractivity contribution in [2.75, 3.05) is 12.4 Å². The van der Waals surface area contributed by atoms with Crippen LogP contribution in [0.4, 0.5) is 9.52 Å². The Hall–Kier alpha value is -2.53. The summed E-state index contributed by atoms with van der Waals surface area (Å²) in [6.45, 7) is 5.09. The van der Waals surface area contributed by atoms with Crippen molar-refractivity contribution in [2.24, 2.45) is 0 Å². The second-order valence-electron chi connectivity index (χ2n) is 7.84. The Kier molecular flexibility index (Phi) is 6.89. The number of methoxy groups -OCH3 is 1. The Morgan fingerprint density at radius 3 is 2.53 bits per heavy atom. The summed E-state index contributed by atoms with van der Waals surface area (Å²) in [6, 6.07) is 8.41. The summed E-state index contributed by atoms with van der Waals surface area (Å²) in [4.78, 5) is 16.8. The molecule has 3 rings (SSSR count). The van der Waals surface area contributed by atoms with Crippen molar-refractivity contribution in [1.82, 2.24) is 9.71 Å². The second-order valence-corrected chi connectivity index (χ2v) is 10.8. The lowest BCUT2D eigenvalue weighted by molar-refractivity contribution is 0.102. The average Bonchev–Trinajstić information content (AvgIpc) is 3.14. The highest BCUT2D eigenvalue weighted by Crippen LogP contribution is 2.29. The van der Waals surface area contributed by atoms with Gasteiger partial charge in [-0.25, -0.2) is 22.5 Å². The number of halogens is 2. The summed E-state index contributed by atoms with van der Waals surface area (Å²) in [6.07, 6.45) is 0. The van der Waals surface area contributed by atoms with Crippen LogP contribution in [0.3, 0.4) is 0 Å². The van der Waals surface area contributed by atoms with Crippen molar-refractivity contribution in [2.45, 2.75) is 31.2 Å². The smallest absolute Gasteiger partial charge is 0.257 e. The summed E-state index contributed by atoms with van der Waals surface area (Å²) in [7, 11) is -2.56. The van der Waals surface area contributed by atoms with E-state index in [-0.39, 0.29) is 26.4 Å². The Morgan fingerprint density at radius 1 is 1.19 bits per heavy atom. The lowest BCUT2D eigenvalue weighted by Gasteiger charge is -2.21. The zero-order valence-corrected chi connectivity index (χ0v) is 20.1. The molecule has 0 spiro atoms. The van der Waals surface area contributed by atoms with Crippen molar-refractivity contribution in [1.29, 1.82) is 0 Å². The third-order valence-corrected chi connectivity index (χ3v) is 7.09. The van der Waals surface area contributed by atoms with Crippen LogP contribution in [0.15, 0.2) is 46.7 Å². The van der Waals surface area contributed by atoms with E-state index in [2.05, 4.69) is 15.0 Å². The van der Waals surface area contributed by atoms with Crippen LogP contribution in [-0.2, 0) is 10.0 Å². The van der Waals surface area contributed by atoms with Gasteiger partial charge in [-0.05, 0) is 57.2 Å². The molecule has 1 amide bonds. The summed E-state index contributed by atoms with van der Waals surface area (Å²) >= 11 is 7.23. The molecular formula is C21H21ClFN3O4S2. The van der Waals surface area contributed by atoms with Gasteiger partial charge in [-0.15, -0.1) is 11.3 Å². The average molecular weight is 498 g/mol. The largest absolute Gasteiger partial charge is 0.494 e. The highest BCUT2D eigenvalue weighted by molar-refractivity contribution is 7.89. The monoisotopic (exact) mass is 497 g/mol. The van der Waals surface area contributed by atoms with Crippen LogP contribution >= 0.6 is 22.9 Å². The van der Waals surface area contributed by atoms with Gasteiger partial charge in [0.1, 0.15) is 4.90 Å². The molecule has 3 aromatic rings. The highest BCUT2D eigenvalue weighted by atomic mass is 35.5. The van der Waals surface area contributed by atoms with Crippen molar-refractivity contribution >= 4 is 44.0 Å². The minimum Gasteiger partial charge on any atom is -0.494 e. The first kappa shape index (κ1) is 24.1. The number of sulfonamides is 1. The molecule has 0 bridgehead atoms. The van der Waals surface area contributed by atoms with Crippen LogP contribution in [0.25, 0.3) is 11.3 Å². The minimum atomic E-state index is -3.94. The molecule has 32 heavy (non-hydrogen) atoms. The first-order valence-electron chi connectivity index (χ1n) is 9.34. The Bertz CT molecular complexity index is 1270. The van der Waals surface area contributed by atoms with E-state index in [1.165, 1.54) is 37.4 Å². The van der Waals surface area contributed by atoms with Gasteiger partial charge in [0.15, 0.2) is 16.7 Å². The van der Waals surface area contributed by atoms with Gasteiger partial charge in [0.05, 0.1) is 17.8 Å². The number of benzene rings is 2. The van der Waals surface area contributed by atoms with Crippen molar-refractivity contribution < 1.29 is 22.3 Å². The summed E-state index contributed by atoms with van der Waals surface area (Å²) in [5.74, 6) is -0.968. The van der Waals surface area contributed by atoms with Gasteiger partial charge < -0.3 is 4.74 Å². The normalized spacial score (nSPS) is 11.9. The molecule has 2 aromatic carbocycles. The Morgan fingerprint density at radius 2 is 1.91 bits per heavy atom. The van der Waals surface area contributed by atoms with E-state index < -0.39 is 27.3 Å². The van der Waals surface area contributed by atoms with E-state index in [1.807, 2.05) is 0 Å². The first-order chi connectivity index (χ1) is 14.9.